The predicted octanol–water partition coefficient (Wildman–Crippen LogP) is 4.30. The molecule has 0 saturated carbocycles. The second-order valence-corrected chi connectivity index (χ2v) is 6.48. The van der Waals surface area contributed by atoms with Crippen molar-refractivity contribution in [2.24, 2.45) is 0 Å². The van der Waals surface area contributed by atoms with E-state index < -0.39 is 11.8 Å². The highest BCUT2D eigenvalue weighted by Gasteiger charge is 2.39. The monoisotopic (exact) mass is 354 g/mol. The molecule has 0 bridgehead atoms. The van der Waals surface area contributed by atoms with Gasteiger partial charge in [-0.2, -0.15) is 0 Å². The summed E-state index contributed by atoms with van der Waals surface area (Å²) in [6.07, 6.45) is 0.890. The fourth-order valence-electron chi connectivity index (χ4n) is 2.73. The van der Waals surface area contributed by atoms with Gasteiger partial charge in [0.05, 0.1) is 5.69 Å². The Morgan fingerprint density at radius 2 is 1.68 bits per heavy atom. The molecule has 1 aliphatic rings. The number of rotatable bonds is 4. The molecule has 4 nitrogen and oxygen atoms in total. The molecule has 25 heavy (non-hydrogen) atoms. The molecule has 1 heterocycles. The van der Waals surface area contributed by atoms with E-state index in [1.54, 1.807) is 12.1 Å². The summed E-state index contributed by atoms with van der Waals surface area (Å²) in [6, 6.07) is 13.2. The summed E-state index contributed by atoms with van der Waals surface area (Å²) in [7, 11) is 0. The number of nitrogens with one attached hydrogen (secondary N) is 1. The standard InChI is InChI=1S/C20H19ClN2O2/c1-4-14-7-9-15(10-8-14)23-19(24)17(21)18(20(23)25)22-16-11-12(2)5-6-13(16)3/h5-11,22H,4H2,1-3H3. The molecule has 0 aromatic heterocycles. The number of carbonyl (C=O) groups excluding carboxylic acids is 2. The number of hydrogen-bond acceptors (Lipinski definition) is 3. The molecule has 0 spiro atoms. The maximum absolute atomic E-state index is 12.8. The lowest BCUT2D eigenvalue weighted by Crippen LogP contribution is -2.32. The highest BCUT2D eigenvalue weighted by atomic mass is 35.5. The van der Waals surface area contributed by atoms with E-state index in [1.807, 2.05) is 51.1 Å². The third kappa shape index (κ3) is 3.17. The fraction of sp³-hybridized carbons (Fsp3) is 0.200. The Hall–Kier alpha value is -2.59. The van der Waals surface area contributed by atoms with E-state index in [-0.39, 0.29) is 10.7 Å². The average Bonchev–Trinajstić information content (AvgIpc) is 2.82. The van der Waals surface area contributed by atoms with Gasteiger partial charge in [0.2, 0.25) is 0 Å². The third-order valence-electron chi connectivity index (χ3n) is 4.28. The minimum atomic E-state index is -0.510. The van der Waals surface area contributed by atoms with Gasteiger partial charge in [-0.3, -0.25) is 9.59 Å². The third-order valence-corrected chi connectivity index (χ3v) is 4.63. The van der Waals surface area contributed by atoms with Crippen LogP contribution in [0.15, 0.2) is 53.2 Å². The van der Waals surface area contributed by atoms with Crippen LogP contribution in [-0.2, 0) is 16.0 Å². The Labute approximate surface area is 152 Å². The molecule has 0 fully saturated rings. The van der Waals surface area contributed by atoms with Gasteiger partial charge in [-0.15, -0.1) is 0 Å². The number of amides is 2. The minimum Gasteiger partial charge on any atom is -0.349 e. The second kappa shape index (κ2) is 6.73. The van der Waals surface area contributed by atoms with Gasteiger partial charge in [0, 0.05) is 5.69 Å². The van der Waals surface area contributed by atoms with Crippen LogP contribution in [0.25, 0.3) is 0 Å². The van der Waals surface area contributed by atoms with Crippen LogP contribution in [0, 0.1) is 13.8 Å². The first kappa shape index (κ1) is 17.2. The van der Waals surface area contributed by atoms with E-state index in [1.165, 1.54) is 0 Å². The first-order chi connectivity index (χ1) is 11.9. The summed E-state index contributed by atoms with van der Waals surface area (Å²) in [5, 5.41) is 2.95. The number of imide groups is 1. The Morgan fingerprint density at radius 3 is 2.32 bits per heavy atom. The van der Waals surface area contributed by atoms with E-state index in [0.29, 0.717) is 5.69 Å². The van der Waals surface area contributed by atoms with Crippen molar-refractivity contribution in [1.82, 2.24) is 0 Å². The molecule has 2 aromatic rings. The Balaban J connectivity index is 1.92. The number of hydrogen-bond donors (Lipinski definition) is 1. The zero-order chi connectivity index (χ0) is 18.1. The highest BCUT2D eigenvalue weighted by Crippen LogP contribution is 2.31. The molecule has 0 atom stereocenters. The number of halogens is 1. The van der Waals surface area contributed by atoms with E-state index >= 15 is 0 Å². The van der Waals surface area contributed by atoms with Crippen molar-refractivity contribution in [2.45, 2.75) is 27.2 Å². The summed E-state index contributed by atoms with van der Waals surface area (Å²) >= 11 is 6.17. The van der Waals surface area contributed by atoms with Crippen molar-refractivity contribution in [3.8, 4) is 0 Å². The molecule has 2 aromatic carbocycles. The largest absolute Gasteiger partial charge is 0.349 e. The Bertz CT molecular complexity index is 885. The zero-order valence-corrected chi connectivity index (χ0v) is 15.1. The van der Waals surface area contributed by atoms with Crippen molar-refractivity contribution in [1.29, 1.82) is 0 Å². The predicted molar refractivity (Wildman–Crippen MR) is 101 cm³/mol. The van der Waals surface area contributed by atoms with Crippen molar-refractivity contribution >= 4 is 34.8 Å². The van der Waals surface area contributed by atoms with Crippen molar-refractivity contribution in [3.63, 3.8) is 0 Å². The Kier molecular flexibility index (Phi) is 4.64. The number of carbonyl (C=O) groups is 2. The van der Waals surface area contributed by atoms with Crippen molar-refractivity contribution in [2.75, 3.05) is 10.2 Å². The minimum absolute atomic E-state index is 0.0922. The number of anilines is 2. The molecule has 1 N–H and O–H groups in total. The quantitative estimate of drug-likeness (QED) is 0.833. The Morgan fingerprint density at radius 1 is 1.00 bits per heavy atom. The van der Waals surface area contributed by atoms with Crippen LogP contribution < -0.4 is 10.2 Å². The van der Waals surface area contributed by atoms with Gasteiger partial charge < -0.3 is 5.32 Å². The topological polar surface area (TPSA) is 49.4 Å². The lowest BCUT2D eigenvalue weighted by atomic mass is 10.1. The van der Waals surface area contributed by atoms with Crippen LogP contribution in [0.3, 0.4) is 0 Å². The first-order valence-electron chi connectivity index (χ1n) is 8.14. The summed E-state index contributed by atoms with van der Waals surface area (Å²) < 4.78 is 0. The summed E-state index contributed by atoms with van der Waals surface area (Å²) in [4.78, 5) is 26.4. The van der Waals surface area contributed by atoms with Gasteiger partial charge in [0.15, 0.2) is 0 Å². The van der Waals surface area contributed by atoms with Gasteiger partial charge in [0.1, 0.15) is 10.7 Å². The van der Waals surface area contributed by atoms with Crippen LogP contribution >= 0.6 is 11.6 Å². The maximum Gasteiger partial charge on any atom is 0.283 e. The van der Waals surface area contributed by atoms with Crippen molar-refractivity contribution in [3.05, 3.63) is 69.9 Å². The first-order valence-corrected chi connectivity index (χ1v) is 8.52. The zero-order valence-electron chi connectivity index (χ0n) is 14.4. The molecular weight excluding hydrogens is 336 g/mol. The summed E-state index contributed by atoms with van der Waals surface area (Å²) in [5.74, 6) is -0.955. The molecule has 3 rings (SSSR count). The van der Waals surface area contributed by atoms with Crippen LogP contribution in [0.2, 0.25) is 0 Å². The SMILES string of the molecule is CCc1ccc(N2C(=O)C(Cl)=C(Nc3cc(C)ccc3C)C2=O)cc1. The smallest absolute Gasteiger partial charge is 0.283 e. The van der Waals surface area contributed by atoms with Crippen LogP contribution in [0.5, 0.6) is 0 Å². The molecule has 0 radical (unpaired) electrons. The van der Waals surface area contributed by atoms with Gasteiger partial charge in [-0.25, -0.2) is 4.90 Å². The van der Waals surface area contributed by atoms with E-state index in [2.05, 4.69) is 5.32 Å². The fourth-order valence-corrected chi connectivity index (χ4v) is 2.94. The average molecular weight is 355 g/mol. The molecular formula is C20H19ClN2O2. The van der Waals surface area contributed by atoms with Gasteiger partial charge >= 0.3 is 0 Å². The normalized spacial score (nSPS) is 14.5. The van der Waals surface area contributed by atoms with Crippen LogP contribution in [0.4, 0.5) is 11.4 Å². The molecule has 5 heteroatoms. The van der Waals surface area contributed by atoms with E-state index in [9.17, 15) is 9.59 Å². The number of benzene rings is 2. The second-order valence-electron chi connectivity index (χ2n) is 6.10. The van der Waals surface area contributed by atoms with Crippen LogP contribution in [-0.4, -0.2) is 11.8 Å². The van der Waals surface area contributed by atoms with Gasteiger partial charge in [-0.1, -0.05) is 42.8 Å². The number of nitrogens with zero attached hydrogens (tertiary/aromatic N) is 1. The van der Waals surface area contributed by atoms with E-state index in [0.717, 1.165) is 33.7 Å². The summed E-state index contributed by atoms with van der Waals surface area (Å²) in [6.45, 7) is 5.94. The van der Waals surface area contributed by atoms with E-state index in [4.69, 9.17) is 11.6 Å². The molecule has 1 aliphatic heterocycles. The maximum atomic E-state index is 12.8. The molecule has 0 unspecified atom stereocenters. The lowest BCUT2D eigenvalue weighted by molar-refractivity contribution is -0.120. The van der Waals surface area contributed by atoms with Crippen molar-refractivity contribution < 1.29 is 9.59 Å². The molecule has 0 aliphatic carbocycles. The van der Waals surface area contributed by atoms with Gasteiger partial charge in [-0.05, 0) is 55.2 Å². The van der Waals surface area contributed by atoms with Gasteiger partial charge in [0.25, 0.3) is 11.8 Å². The molecule has 2 amide bonds. The molecule has 0 saturated heterocycles. The number of aryl methyl sites for hydroxylation is 3. The van der Waals surface area contributed by atoms with Crippen LogP contribution in [0.1, 0.15) is 23.6 Å². The molecule has 128 valence electrons. The lowest BCUT2D eigenvalue weighted by Gasteiger charge is -2.16. The highest BCUT2D eigenvalue weighted by molar-refractivity contribution is 6.53. The summed E-state index contributed by atoms with van der Waals surface area (Å²) in [5.41, 5.74) is 4.54.